The largest absolute Gasteiger partial charge is 0.429 e. The molecule has 2 aliphatic heterocycles. The highest BCUT2D eigenvalue weighted by atomic mass is 16.7. The van der Waals surface area contributed by atoms with Gasteiger partial charge in [-0.1, -0.05) is 43.2 Å². The van der Waals surface area contributed by atoms with Gasteiger partial charge in [0.25, 0.3) is 0 Å². The van der Waals surface area contributed by atoms with Gasteiger partial charge in [0.15, 0.2) is 6.29 Å². The lowest BCUT2D eigenvalue weighted by Gasteiger charge is -2.38. The van der Waals surface area contributed by atoms with Gasteiger partial charge in [0, 0.05) is 18.8 Å². The summed E-state index contributed by atoms with van der Waals surface area (Å²) in [6, 6.07) is 0. The van der Waals surface area contributed by atoms with Crippen molar-refractivity contribution in [3.63, 3.8) is 0 Å². The maximum absolute atomic E-state index is 11.4. The molecule has 0 saturated carbocycles. The first-order chi connectivity index (χ1) is 14.7. The van der Waals surface area contributed by atoms with E-state index in [1.165, 1.54) is 30.9 Å². The molecule has 0 unspecified atom stereocenters. The van der Waals surface area contributed by atoms with Gasteiger partial charge < -0.3 is 19.3 Å². The third kappa shape index (κ3) is 5.97. The Morgan fingerprint density at radius 3 is 2.77 bits per heavy atom. The first-order valence-corrected chi connectivity index (χ1v) is 11.5. The lowest BCUT2D eigenvalue weighted by Crippen LogP contribution is -2.33. The Morgan fingerprint density at radius 2 is 2.13 bits per heavy atom. The Bertz CT molecular complexity index is 786. The maximum Gasteiger partial charge on any atom is 0.333 e. The molecule has 0 bridgehead atoms. The SMILES string of the molecule is CO[C@@H]1O[C@@H](C2=CC(=O)O[C@H]2O)CC=C1CC/C=C(\C)CC[C@H]1C(C)=CCCC1(C)C. The number of allylic oxidation sites excluding steroid dienone is 4. The van der Waals surface area contributed by atoms with Gasteiger partial charge in [0.2, 0.25) is 6.29 Å². The second-order valence-electron chi connectivity index (χ2n) is 9.80. The molecule has 0 aromatic rings. The first kappa shape index (κ1) is 24.0. The van der Waals surface area contributed by atoms with Crippen LogP contribution in [0.3, 0.4) is 0 Å². The zero-order valence-corrected chi connectivity index (χ0v) is 19.6. The predicted molar refractivity (Wildman–Crippen MR) is 121 cm³/mol. The molecule has 1 aliphatic carbocycles. The van der Waals surface area contributed by atoms with Gasteiger partial charge in [-0.15, -0.1) is 0 Å². The van der Waals surface area contributed by atoms with Crippen molar-refractivity contribution in [3.05, 3.63) is 46.6 Å². The third-order valence-electron chi connectivity index (χ3n) is 7.07. The number of cyclic esters (lactones) is 1. The lowest BCUT2D eigenvalue weighted by molar-refractivity contribution is -0.157. The topological polar surface area (TPSA) is 65.0 Å². The van der Waals surface area contributed by atoms with Crippen LogP contribution in [0, 0.1) is 11.3 Å². The monoisotopic (exact) mass is 430 g/mol. The molecule has 31 heavy (non-hydrogen) atoms. The number of esters is 1. The Hall–Kier alpha value is -1.69. The van der Waals surface area contributed by atoms with Crippen molar-refractivity contribution in [2.45, 2.75) is 91.3 Å². The number of rotatable bonds is 8. The van der Waals surface area contributed by atoms with Gasteiger partial charge in [0.1, 0.15) is 0 Å². The minimum atomic E-state index is -1.22. The normalized spacial score (nSPS) is 31.1. The van der Waals surface area contributed by atoms with E-state index >= 15 is 0 Å². The highest BCUT2D eigenvalue weighted by molar-refractivity contribution is 5.85. The summed E-state index contributed by atoms with van der Waals surface area (Å²) in [6.45, 7) is 9.34. The molecule has 0 spiro atoms. The summed E-state index contributed by atoms with van der Waals surface area (Å²) >= 11 is 0. The van der Waals surface area contributed by atoms with E-state index in [4.69, 9.17) is 14.2 Å². The molecule has 2 heterocycles. The zero-order valence-electron chi connectivity index (χ0n) is 19.6. The summed E-state index contributed by atoms with van der Waals surface area (Å²) in [6.07, 6.45) is 13.3. The molecule has 172 valence electrons. The molecular formula is C26H38O5. The Balaban J connectivity index is 1.51. The third-order valence-corrected chi connectivity index (χ3v) is 7.07. The van der Waals surface area contributed by atoms with Crippen molar-refractivity contribution in [2.24, 2.45) is 11.3 Å². The van der Waals surface area contributed by atoms with Crippen molar-refractivity contribution < 1.29 is 24.1 Å². The van der Waals surface area contributed by atoms with Crippen molar-refractivity contribution in [2.75, 3.05) is 7.11 Å². The van der Waals surface area contributed by atoms with E-state index in [1.54, 1.807) is 12.7 Å². The van der Waals surface area contributed by atoms with Crippen LogP contribution in [0.25, 0.3) is 0 Å². The van der Waals surface area contributed by atoms with E-state index in [0.717, 1.165) is 24.8 Å². The lowest BCUT2D eigenvalue weighted by atomic mass is 9.67. The number of aliphatic hydroxyl groups is 1. The van der Waals surface area contributed by atoms with Crippen molar-refractivity contribution in [1.29, 1.82) is 0 Å². The molecule has 3 aliphatic rings. The van der Waals surface area contributed by atoms with Crippen LogP contribution in [-0.2, 0) is 19.0 Å². The van der Waals surface area contributed by atoms with Crippen molar-refractivity contribution in [3.8, 4) is 0 Å². The molecular weight excluding hydrogens is 392 g/mol. The summed E-state index contributed by atoms with van der Waals surface area (Å²) in [7, 11) is 1.62. The second-order valence-corrected chi connectivity index (χ2v) is 9.80. The average Bonchev–Trinajstić information content (AvgIpc) is 3.05. The molecule has 4 atom stereocenters. The van der Waals surface area contributed by atoms with E-state index in [0.29, 0.717) is 23.3 Å². The molecule has 1 N–H and O–H groups in total. The van der Waals surface area contributed by atoms with Crippen LogP contribution in [0.4, 0.5) is 0 Å². The fourth-order valence-corrected chi connectivity index (χ4v) is 5.14. The number of carbonyl (C=O) groups excluding carboxylic acids is 1. The summed E-state index contributed by atoms with van der Waals surface area (Å²) in [5, 5.41) is 9.87. The summed E-state index contributed by atoms with van der Waals surface area (Å²) in [5.41, 5.74) is 4.96. The van der Waals surface area contributed by atoms with Crippen LogP contribution in [0.5, 0.6) is 0 Å². The van der Waals surface area contributed by atoms with Crippen LogP contribution in [-0.4, -0.2) is 36.9 Å². The second kappa shape index (κ2) is 10.3. The highest BCUT2D eigenvalue weighted by Gasteiger charge is 2.35. The fourth-order valence-electron chi connectivity index (χ4n) is 5.14. The van der Waals surface area contributed by atoms with Gasteiger partial charge in [-0.25, -0.2) is 4.79 Å². The summed E-state index contributed by atoms with van der Waals surface area (Å²) in [4.78, 5) is 11.4. The van der Waals surface area contributed by atoms with Crippen molar-refractivity contribution >= 4 is 5.97 Å². The fraction of sp³-hybridized carbons (Fsp3) is 0.654. The smallest absolute Gasteiger partial charge is 0.333 e. The molecule has 0 aromatic heterocycles. The van der Waals surface area contributed by atoms with Crippen molar-refractivity contribution in [1.82, 2.24) is 0 Å². The molecule has 5 nitrogen and oxygen atoms in total. The number of hydrogen-bond acceptors (Lipinski definition) is 5. The standard InChI is InChI=1S/C26H38O5/c1-17(11-13-21-18(2)9-7-15-26(21,3)4)8-6-10-19-12-14-22(30-25(19)29-5)20-16-23(27)31-24(20)28/h8-9,12,16,21-22,24-25,28H,6-7,10-11,13-15H2,1-5H3/b17-8+/t21-,22+,24+,25+/m0/s1. The van der Waals surface area contributed by atoms with Gasteiger partial charge in [-0.2, -0.15) is 0 Å². The predicted octanol–water partition coefficient (Wildman–Crippen LogP) is 5.37. The number of methoxy groups -OCH3 is 1. The molecule has 0 fully saturated rings. The average molecular weight is 431 g/mol. The maximum atomic E-state index is 11.4. The van der Waals surface area contributed by atoms with E-state index in [-0.39, 0.29) is 0 Å². The number of aliphatic hydroxyl groups excluding tert-OH is 1. The summed E-state index contributed by atoms with van der Waals surface area (Å²) in [5.74, 6) is 0.141. The molecule has 0 amide bonds. The Morgan fingerprint density at radius 1 is 1.35 bits per heavy atom. The minimum absolute atomic E-state index is 0.392. The first-order valence-electron chi connectivity index (χ1n) is 11.5. The van der Waals surface area contributed by atoms with E-state index in [1.807, 2.05) is 0 Å². The number of hydrogen-bond donors (Lipinski definition) is 1. The van der Waals surface area contributed by atoms with Crippen LogP contribution >= 0.6 is 0 Å². The summed E-state index contributed by atoms with van der Waals surface area (Å²) < 4.78 is 16.3. The molecule has 0 saturated heterocycles. The Kier molecular flexibility index (Phi) is 7.95. The quantitative estimate of drug-likeness (QED) is 0.414. The molecule has 0 radical (unpaired) electrons. The van der Waals surface area contributed by atoms with Crippen LogP contribution < -0.4 is 0 Å². The number of ether oxygens (including phenoxy) is 3. The van der Waals surface area contributed by atoms with E-state index in [9.17, 15) is 9.90 Å². The van der Waals surface area contributed by atoms with Crippen LogP contribution in [0.2, 0.25) is 0 Å². The number of carbonyl (C=O) groups is 1. The van der Waals surface area contributed by atoms with Gasteiger partial charge in [0.05, 0.1) is 6.10 Å². The highest BCUT2D eigenvalue weighted by Crippen LogP contribution is 2.43. The molecule has 5 heteroatoms. The van der Waals surface area contributed by atoms with E-state index in [2.05, 4.69) is 45.9 Å². The molecule has 0 aromatic carbocycles. The van der Waals surface area contributed by atoms with Gasteiger partial charge in [-0.05, 0) is 75.7 Å². The van der Waals surface area contributed by atoms with Crippen LogP contribution in [0.1, 0.15) is 72.6 Å². The zero-order chi connectivity index (χ0) is 22.6. The Labute approximate surface area is 186 Å². The minimum Gasteiger partial charge on any atom is -0.429 e. The molecule has 3 rings (SSSR count). The van der Waals surface area contributed by atoms with Gasteiger partial charge in [-0.3, -0.25) is 0 Å². The van der Waals surface area contributed by atoms with E-state index < -0.39 is 24.7 Å². The van der Waals surface area contributed by atoms with Crippen LogP contribution in [0.15, 0.2) is 46.6 Å². The van der Waals surface area contributed by atoms with Gasteiger partial charge >= 0.3 is 5.97 Å².